The first kappa shape index (κ1) is 19.8. The van der Waals surface area contributed by atoms with Gasteiger partial charge in [0, 0.05) is 5.69 Å². The Kier molecular flexibility index (Phi) is 5.95. The minimum absolute atomic E-state index is 0.0215. The maximum Gasteiger partial charge on any atom is 0.279 e. The molecule has 146 valence electrons. The van der Waals surface area contributed by atoms with Crippen molar-refractivity contribution in [1.29, 1.82) is 0 Å². The molecule has 1 aromatic heterocycles. The smallest absolute Gasteiger partial charge is 0.279 e. The van der Waals surface area contributed by atoms with Gasteiger partial charge < -0.3 is 10.2 Å². The number of hydrogen-bond donors (Lipinski definition) is 2. The number of likely N-dealkylation sites (N-methyl/N-ethyl adjacent to an activating group) is 1. The molecule has 0 aliphatic carbocycles. The lowest BCUT2D eigenvalue weighted by atomic mass is 10.1. The summed E-state index contributed by atoms with van der Waals surface area (Å²) in [7, 11) is 2.04. The standard InChI is InChI=1S/C23H28N4O/c1-16-11-17(2)13-20(12-16)24-23(28)15-26(5)14-22-18(3)25-27(19(22)4)21-9-7-6-8-10-21/h6-13H,14-15H2,1-5H3,(H,24,28)/p+1. The van der Waals surface area contributed by atoms with Gasteiger partial charge in [0.05, 0.1) is 29.7 Å². The minimum Gasteiger partial charge on any atom is -0.326 e. The second kappa shape index (κ2) is 8.40. The molecule has 0 fully saturated rings. The van der Waals surface area contributed by atoms with Crippen LogP contribution in [-0.2, 0) is 11.3 Å². The molecule has 3 aromatic rings. The molecule has 0 saturated carbocycles. The van der Waals surface area contributed by atoms with Crippen LogP contribution in [0.15, 0.2) is 48.5 Å². The summed E-state index contributed by atoms with van der Waals surface area (Å²) in [6, 6.07) is 16.2. The zero-order valence-corrected chi connectivity index (χ0v) is 17.3. The van der Waals surface area contributed by atoms with Gasteiger partial charge in [-0.2, -0.15) is 5.10 Å². The number of anilines is 1. The van der Waals surface area contributed by atoms with E-state index in [4.69, 9.17) is 5.10 Å². The van der Waals surface area contributed by atoms with Crippen LogP contribution in [0.1, 0.15) is 28.1 Å². The van der Waals surface area contributed by atoms with Crippen molar-refractivity contribution >= 4 is 11.6 Å². The molecular weight excluding hydrogens is 348 g/mol. The molecule has 3 rings (SSSR count). The minimum atomic E-state index is 0.0215. The van der Waals surface area contributed by atoms with E-state index in [0.29, 0.717) is 6.54 Å². The van der Waals surface area contributed by atoms with E-state index in [9.17, 15) is 4.79 Å². The fraction of sp³-hybridized carbons (Fsp3) is 0.304. The fourth-order valence-corrected chi connectivity index (χ4v) is 3.64. The number of rotatable bonds is 6. The van der Waals surface area contributed by atoms with E-state index in [-0.39, 0.29) is 5.91 Å². The van der Waals surface area contributed by atoms with Crippen LogP contribution in [0.5, 0.6) is 0 Å². The van der Waals surface area contributed by atoms with Gasteiger partial charge >= 0.3 is 0 Å². The van der Waals surface area contributed by atoms with Gasteiger partial charge in [-0.3, -0.25) is 4.79 Å². The van der Waals surface area contributed by atoms with Crippen molar-refractivity contribution in [3.05, 3.63) is 76.6 Å². The van der Waals surface area contributed by atoms with Crippen LogP contribution >= 0.6 is 0 Å². The van der Waals surface area contributed by atoms with E-state index in [1.165, 1.54) is 5.56 Å². The highest BCUT2D eigenvalue weighted by atomic mass is 16.2. The van der Waals surface area contributed by atoms with Gasteiger partial charge in [-0.05, 0) is 63.1 Å². The number of aryl methyl sites for hydroxylation is 3. The van der Waals surface area contributed by atoms with Crippen molar-refractivity contribution in [1.82, 2.24) is 9.78 Å². The highest BCUT2D eigenvalue weighted by molar-refractivity contribution is 5.91. The Labute approximate surface area is 167 Å². The van der Waals surface area contributed by atoms with Crippen molar-refractivity contribution in [3.63, 3.8) is 0 Å². The largest absolute Gasteiger partial charge is 0.326 e. The number of benzene rings is 2. The molecule has 1 unspecified atom stereocenters. The van der Waals surface area contributed by atoms with Crippen molar-refractivity contribution < 1.29 is 9.69 Å². The average molecular weight is 378 g/mol. The number of nitrogens with one attached hydrogen (secondary N) is 2. The molecule has 2 aromatic carbocycles. The number of aromatic nitrogens is 2. The van der Waals surface area contributed by atoms with Crippen LogP contribution in [0.2, 0.25) is 0 Å². The Morgan fingerprint density at radius 2 is 1.68 bits per heavy atom. The van der Waals surface area contributed by atoms with Gasteiger partial charge in [-0.25, -0.2) is 4.68 Å². The third kappa shape index (κ3) is 4.67. The van der Waals surface area contributed by atoms with Crippen molar-refractivity contribution in [2.24, 2.45) is 0 Å². The van der Waals surface area contributed by atoms with E-state index in [0.717, 1.165) is 45.3 Å². The van der Waals surface area contributed by atoms with E-state index in [2.05, 4.69) is 30.4 Å². The lowest BCUT2D eigenvalue weighted by Crippen LogP contribution is -3.08. The average Bonchev–Trinajstić information content (AvgIpc) is 2.89. The number of para-hydroxylation sites is 1. The van der Waals surface area contributed by atoms with E-state index in [1.807, 2.05) is 62.8 Å². The van der Waals surface area contributed by atoms with E-state index >= 15 is 0 Å². The summed E-state index contributed by atoms with van der Waals surface area (Å²) in [5.41, 5.74) is 7.54. The lowest BCUT2D eigenvalue weighted by molar-refractivity contribution is -0.885. The quantitative estimate of drug-likeness (QED) is 0.694. The number of quaternary nitrogens is 1. The normalized spacial score (nSPS) is 12.0. The Bertz CT molecular complexity index is 956. The van der Waals surface area contributed by atoms with Gasteiger partial charge in [-0.15, -0.1) is 0 Å². The highest BCUT2D eigenvalue weighted by Crippen LogP contribution is 2.17. The summed E-state index contributed by atoms with van der Waals surface area (Å²) < 4.78 is 1.98. The van der Waals surface area contributed by atoms with Gasteiger partial charge in [0.1, 0.15) is 6.54 Å². The van der Waals surface area contributed by atoms with Crippen LogP contribution in [0, 0.1) is 27.7 Å². The Hall–Kier alpha value is -2.92. The first-order valence-corrected chi connectivity index (χ1v) is 9.63. The monoisotopic (exact) mass is 377 g/mol. The number of hydrogen-bond acceptors (Lipinski definition) is 2. The summed E-state index contributed by atoms with van der Waals surface area (Å²) in [6.45, 7) is 9.36. The lowest BCUT2D eigenvalue weighted by Gasteiger charge is -2.15. The van der Waals surface area contributed by atoms with E-state index < -0.39 is 0 Å². The molecule has 0 spiro atoms. The molecule has 5 heteroatoms. The van der Waals surface area contributed by atoms with Crippen LogP contribution in [-0.4, -0.2) is 29.3 Å². The highest BCUT2D eigenvalue weighted by Gasteiger charge is 2.18. The molecule has 1 atom stereocenters. The second-order valence-electron chi connectivity index (χ2n) is 7.63. The molecule has 1 amide bonds. The van der Waals surface area contributed by atoms with Gasteiger partial charge in [-0.1, -0.05) is 24.3 Å². The molecule has 0 aliphatic rings. The molecule has 0 saturated heterocycles. The molecule has 5 nitrogen and oxygen atoms in total. The van der Waals surface area contributed by atoms with Crippen molar-refractivity contribution in [2.75, 3.05) is 18.9 Å². The van der Waals surface area contributed by atoms with Gasteiger partial charge in [0.25, 0.3) is 5.91 Å². The number of amides is 1. The van der Waals surface area contributed by atoms with Crippen molar-refractivity contribution in [3.8, 4) is 5.69 Å². The molecule has 0 bridgehead atoms. The van der Waals surface area contributed by atoms with Crippen LogP contribution in [0.3, 0.4) is 0 Å². The van der Waals surface area contributed by atoms with Crippen LogP contribution in [0.4, 0.5) is 5.69 Å². The van der Waals surface area contributed by atoms with Crippen molar-refractivity contribution in [2.45, 2.75) is 34.2 Å². The molecule has 28 heavy (non-hydrogen) atoms. The van der Waals surface area contributed by atoms with E-state index in [1.54, 1.807) is 0 Å². The first-order chi connectivity index (χ1) is 13.3. The van der Waals surface area contributed by atoms with Crippen LogP contribution < -0.4 is 10.2 Å². The SMILES string of the molecule is Cc1cc(C)cc(NC(=O)C[NH+](C)Cc2c(C)nn(-c3ccccc3)c2C)c1. The number of carbonyl (C=O) groups is 1. The number of nitrogens with zero attached hydrogens (tertiary/aromatic N) is 2. The molecule has 0 aliphatic heterocycles. The molecular formula is C23H29N4O+. The van der Waals surface area contributed by atoms with Gasteiger partial charge in [0.2, 0.25) is 0 Å². The molecule has 2 N–H and O–H groups in total. The van der Waals surface area contributed by atoms with Crippen LogP contribution in [0.25, 0.3) is 5.69 Å². The first-order valence-electron chi connectivity index (χ1n) is 9.63. The summed E-state index contributed by atoms with van der Waals surface area (Å²) in [6.07, 6.45) is 0. The third-order valence-electron chi connectivity index (χ3n) is 4.89. The maximum atomic E-state index is 12.5. The Balaban J connectivity index is 1.67. The topological polar surface area (TPSA) is 51.4 Å². The third-order valence-corrected chi connectivity index (χ3v) is 4.89. The molecule has 1 heterocycles. The Morgan fingerprint density at radius 1 is 1.04 bits per heavy atom. The summed E-state index contributed by atoms with van der Waals surface area (Å²) >= 11 is 0. The molecule has 0 radical (unpaired) electrons. The Morgan fingerprint density at radius 3 is 2.32 bits per heavy atom. The fourth-order valence-electron chi connectivity index (χ4n) is 3.64. The summed E-state index contributed by atoms with van der Waals surface area (Å²) in [5, 5.41) is 7.72. The van der Waals surface area contributed by atoms with Gasteiger partial charge in [0.15, 0.2) is 6.54 Å². The number of carbonyl (C=O) groups excluding carboxylic acids is 1. The zero-order chi connectivity index (χ0) is 20.3. The summed E-state index contributed by atoms with van der Waals surface area (Å²) in [4.78, 5) is 13.6. The summed E-state index contributed by atoms with van der Waals surface area (Å²) in [5.74, 6) is 0.0215. The second-order valence-corrected chi connectivity index (χ2v) is 7.63. The zero-order valence-electron chi connectivity index (χ0n) is 17.3. The maximum absolute atomic E-state index is 12.5. The predicted octanol–water partition coefficient (Wildman–Crippen LogP) is 2.76. The predicted molar refractivity (Wildman–Crippen MR) is 113 cm³/mol.